The molecule has 1 aromatic carbocycles. The average molecular weight is 336 g/mol. The fraction of sp³-hybridized carbons (Fsp3) is 0.167. The minimum atomic E-state index is 0.720. The zero-order chi connectivity index (χ0) is 16.1. The van der Waals surface area contributed by atoms with E-state index in [1.165, 1.54) is 5.69 Å². The molecule has 1 aliphatic rings. The van der Waals surface area contributed by atoms with Crippen LogP contribution < -0.4 is 0 Å². The highest BCUT2D eigenvalue weighted by molar-refractivity contribution is 6.33. The van der Waals surface area contributed by atoms with E-state index in [-0.39, 0.29) is 0 Å². The van der Waals surface area contributed by atoms with Gasteiger partial charge in [-0.1, -0.05) is 29.8 Å². The second-order valence-corrected chi connectivity index (χ2v) is 6.36. The van der Waals surface area contributed by atoms with Gasteiger partial charge >= 0.3 is 0 Å². The molecular formula is C18H14ClN5. The van der Waals surface area contributed by atoms with E-state index in [1.807, 2.05) is 36.5 Å². The van der Waals surface area contributed by atoms with Gasteiger partial charge in [0.2, 0.25) is 0 Å². The van der Waals surface area contributed by atoms with Crippen LogP contribution >= 0.6 is 11.6 Å². The van der Waals surface area contributed by atoms with Crippen LogP contribution in [0.2, 0.25) is 5.02 Å². The quantitative estimate of drug-likeness (QED) is 0.559. The van der Waals surface area contributed by atoms with Crippen molar-refractivity contribution < 1.29 is 0 Å². The highest BCUT2D eigenvalue weighted by Crippen LogP contribution is 2.39. The molecule has 5 nitrogen and oxygen atoms in total. The molecule has 118 valence electrons. The summed E-state index contributed by atoms with van der Waals surface area (Å²) >= 11 is 6.44. The van der Waals surface area contributed by atoms with Crippen molar-refractivity contribution in [3.8, 4) is 22.4 Å². The molecule has 0 spiro atoms. The molecule has 0 N–H and O–H groups in total. The lowest BCUT2D eigenvalue weighted by atomic mass is 9.99. The van der Waals surface area contributed by atoms with Gasteiger partial charge in [-0.3, -0.25) is 4.68 Å². The van der Waals surface area contributed by atoms with Gasteiger partial charge in [0.1, 0.15) is 12.0 Å². The SMILES string of the molecule is Clc1ccccc1-c1nn2c(c1-c1ccc3ncnn3c1)CCC2. The molecule has 0 aliphatic carbocycles. The van der Waals surface area contributed by atoms with E-state index in [9.17, 15) is 0 Å². The van der Waals surface area contributed by atoms with Gasteiger partial charge in [0.25, 0.3) is 0 Å². The van der Waals surface area contributed by atoms with Gasteiger partial charge in [0, 0.05) is 35.1 Å². The number of aryl methyl sites for hydroxylation is 1. The van der Waals surface area contributed by atoms with Crippen LogP contribution in [0.3, 0.4) is 0 Å². The lowest BCUT2D eigenvalue weighted by Crippen LogP contribution is -1.94. The summed E-state index contributed by atoms with van der Waals surface area (Å²) in [6, 6.07) is 11.9. The number of halogens is 1. The molecule has 5 rings (SSSR count). The highest BCUT2D eigenvalue weighted by atomic mass is 35.5. The third-order valence-corrected chi connectivity index (χ3v) is 4.86. The van der Waals surface area contributed by atoms with Crippen molar-refractivity contribution in [2.75, 3.05) is 0 Å². The molecule has 1 aliphatic heterocycles. The third-order valence-electron chi connectivity index (χ3n) is 4.53. The van der Waals surface area contributed by atoms with Crippen LogP contribution in [0.4, 0.5) is 0 Å². The van der Waals surface area contributed by atoms with Gasteiger partial charge < -0.3 is 0 Å². The Labute approximate surface area is 143 Å². The summed E-state index contributed by atoms with van der Waals surface area (Å²) in [5.74, 6) is 0. The lowest BCUT2D eigenvalue weighted by Gasteiger charge is -2.07. The fourth-order valence-corrected chi connectivity index (χ4v) is 3.67. The molecule has 4 aromatic rings. The number of aromatic nitrogens is 5. The summed E-state index contributed by atoms with van der Waals surface area (Å²) < 4.78 is 3.91. The van der Waals surface area contributed by atoms with Gasteiger partial charge in [-0.05, 0) is 31.0 Å². The second-order valence-electron chi connectivity index (χ2n) is 5.96. The molecule has 3 aromatic heterocycles. The lowest BCUT2D eigenvalue weighted by molar-refractivity contribution is 0.659. The summed E-state index contributed by atoms with van der Waals surface area (Å²) in [4.78, 5) is 4.22. The summed E-state index contributed by atoms with van der Waals surface area (Å²) in [7, 11) is 0. The highest BCUT2D eigenvalue weighted by Gasteiger charge is 2.25. The van der Waals surface area contributed by atoms with Crippen LogP contribution in [0.1, 0.15) is 12.1 Å². The first kappa shape index (κ1) is 13.7. The molecule has 0 amide bonds. The zero-order valence-electron chi connectivity index (χ0n) is 12.9. The Morgan fingerprint density at radius 1 is 1.08 bits per heavy atom. The predicted molar refractivity (Wildman–Crippen MR) is 93.0 cm³/mol. The van der Waals surface area contributed by atoms with Gasteiger partial charge in [-0.25, -0.2) is 9.50 Å². The molecule has 0 saturated carbocycles. The summed E-state index contributed by atoms with van der Waals surface area (Å²) in [5, 5.41) is 9.83. The number of hydrogen-bond acceptors (Lipinski definition) is 3. The first-order valence-electron chi connectivity index (χ1n) is 7.95. The number of fused-ring (bicyclic) bond motifs is 2. The van der Waals surface area contributed by atoms with E-state index < -0.39 is 0 Å². The van der Waals surface area contributed by atoms with Crippen LogP contribution in [0.25, 0.3) is 28.0 Å². The number of benzene rings is 1. The molecule has 6 heteroatoms. The maximum atomic E-state index is 6.44. The van der Waals surface area contributed by atoms with Gasteiger partial charge in [0.05, 0.1) is 5.02 Å². The maximum Gasteiger partial charge on any atom is 0.155 e. The molecular weight excluding hydrogens is 322 g/mol. The predicted octanol–water partition coefficient (Wildman–Crippen LogP) is 3.86. The van der Waals surface area contributed by atoms with E-state index in [0.29, 0.717) is 0 Å². The molecule has 0 unspecified atom stereocenters. The Morgan fingerprint density at radius 3 is 2.92 bits per heavy atom. The van der Waals surface area contributed by atoms with Gasteiger partial charge in [-0.15, -0.1) is 0 Å². The van der Waals surface area contributed by atoms with Crippen LogP contribution in [-0.4, -0.2) is 24.4 Å². The fourth-order valence-electron chi connectivity index (χ4n) is 3.44. The Balaban J connectivity index is 1.79. The smallest absolute Gasteiger partial charge is 0.155 e. The summed E-state index contributed by atoms with van der Waals surface area (Å²) in [5.41, 5.74) is 6.25. The van der Waals surface area contributed by atoms with Crippen molar-refractivity contribution in [2.45, 2.75) is 19.4 Å². The van der Waals surface area contributed by atoms with Crippen molar-refractivity contribution in [3.63, 3.8) is 0 Å². The van der Waals surface area contributed by atoms with Crippen molar-refractivity contribution in [3.05, 3.63) is 59.6 Å². The largest absolute Gasteiger partial charge is 0.268 e. The molecule has 24 heavy (non-hydrogen) atoms. The van der Waals surface area contributed by atoms with E-state index in [2.05, 4.69) is 20.8 Å². The third kappa shape index (κ3) is 1.98. The minimum Gasteiger partial charge on any atom is -0.268 e. The molecule has 0 bridgehead atoms. The topological polar surface area (TPSA) is 48.0 Å². The number of pyridine rings is 1. The first-order chi connectivity index (χ1) is 11.8. The monoisotopic (exact) mass is 335 g/mol. The van der Waals surface area contributed by atoms with Crippen molar-refractivity contribution >= 4 is 17.2 Å². The second kappa shape index (κ2) is 5.18. The molecule has 4 heterocycles. The van der Waals surface area contributed by atoms with Crippen molar-refractivity contribution in [1.82, 2.24) is 24.4 Å². The van der Waals surface area contributed by atoms with E-state index in [4.69, 9.17) is 16.7 Å². The summed E-state index contributed by atoms with van der Waals surface area (Å²) in [6.45, 7) is 0.957. The van der Waals surface area contributed by atoms with Crippen molar-refractivity contribution in [1.29, 1.82) is 0 Å². The Bertz CT molecular complexity index is 1060. The molecule has 0 saturated heterocycles. The summed E-state index contributed by atoms with van der Waals surface area (Å²) in [6.07, 6.45) is 5.74. The van der Waals surface area contributed by atoms with Crippen LogP contribution in [0.15, 0.2) is 48.9 Å². The van der Waals surface area contributed by atoms with Crippen LogP contribution in [-0.2, 0) is 13.0 Å². The molecule has 0 fully saturated rings. The number of hydrogen-bond donors (Lipinski definition) is 0. The van der Waals surface area contributed by atoms with E-state index in [0.717, 1.165) is 52.4 Å². The molecule has 0 radical (unpaired) electrons. The normalized spacial score (nSPS) is 13.5. The Kier molecular flexibility index (Phi) is 2.97. The van der Waals surface area contributed by atoms with Gasteiger partial charge in [0.15, 0.2) is 5.65 Å². The Morgan fingerprint density at radius 2 is 2.00 bits per heavy atom. The van der Waals surface area contributed by atoms with Gasteiger partial charge in [-0.2, -0.15) is 10.2 Å². The minimum absolute atomic E-state index is 0.720. The van der Waals surface area contributed by atoms with Crippen molar-refractivity contribution in [2.24, 2.45) is 0 Å². The van der Waals surface area contributed by atoms with E-state index >= 15 is 0 Å². The van der Waals surface area contributed by atoms with Crippen LogP contribution in [0.5, 0.6) is 0 Å². The Hall–Kier alpha value is -2.66. The average Bonchev–Trinajstić information content (AvgIpc) is 3.29. The number of rotatable bonds is 2. The van der Waals surface area contributed by atoms with E-state index in [1.54, 1.807) is 10.8 Å². The first-order valence-corrected chi connectivity index (χ1v) is 8.33. The molecule has 0 atom stereocenters. The zero-order valence-corrected chi connectivity index (χ0v) is 13.6. The standard InChI is InChI=1S/C18H14ClN5/c19-14-5-2-1-4-13(14)18-17(15-6-3-9-23(15)22-18)12-7-8-16-20-11-21-24(16)10-12/h1-2,4-5,7-8,10-11H,3,6,9H2. The maximum absolute atomic E-state index is 6.44. The number of nitrogens with zero attached hydrogens (tertiary/aromatic N) is 5. The van der Waals surface area contributed by atoms with Crippen LogP contribution in [0, 0.1) is 0 Å².